The van der Waals surface area contributed by atoms with E-state index in [1.807, 2.05) is 0 Å². The zero-order valence-corrected chi connectivity index (χ0v) is 20.3. The van der Waals surface area contributed by atoms with Crippen molar-refractivity contribution in [3.63, 3.8) is 0 Å². The molecule has 36 heavy (non-hydrogen) atoms. The first-order valence-corrected chi connectivity index (χ1v) is 12.7. The Bertz CT molecular complexity index is 1330. The van der Waals surface area contributed by atoms with Gasteiger partial charge in [-0.15, -0.1) is 0 Å². The molecule has 1 aliphatic heterocycles. The van der Waals surface area contributed by atoms with Crippen molar-refractivity contribution in [2.45, 2.75) is 10.3 Å². The van der Waals surface area contributed by atoms with Gasteiger partial charge in [0.2, 0.25) is 15.2 Å². The van der Waals surface area contributed by atoms with E-state index >= 15 is 0 Å². The molecule has 1 saturated heterocycles. The van der Waals surface area contributed by atoms with Crippen molar-refractivity contribution in [3.05, 3.63) is 84.3 Å². The highest BCUT2D eigenvalue weighted by atomic mass is 32.2. The number of benzene rings is 2. The zero-order valence-electron chi connectivity index (χ0n) is 19.5. The Hall–Kier alpha value is -4.12. The summed E-state index contributed by atoms with van der Waals surface area (Å²) in [5.41, 5.74) is 0.448. The van der Waals surface area contributed by atoms with Crippen LogP contribution in [0.5, 0.6) is 5.75 Å². The van der Waals surface area contributed by atoms with Gasteiger partial charge < -0.3 is 24.3 Å². The van der Waals surface area contributed by atoms with E-state index in [1.54, 1.807) is 35.2 Å². The monoisotopic (exact) mass is 511 g/mol. The van der Waals surface area contributed by atoms with Gasteiger partial charge in [-0.25, -0.2) is 8.42 Å². The molecule has 0 spiro atoms. The number of piperazine rings is 1. The number of rotatable bonds is 7. The third-order valence-corrected chi connectivity index (χ3v) is 7.68. The summed E-state index contributed by atoms with van der Waals surface area (Å²) in [7, 11) is -2.76. The van der Waals surface area contributed by atoms with Crippen molar-refractivity contribution in [2.24, 2.45) is 0 Å². The van der Waals surface area contributed by atoms with Gasteiger partial charge in [0.25, 0.3) is 17.7 Å². The molecule has 1 fully saturated rings. The maximum atomic E-state index is 13.4. The molecule has 4 rings (SSSR count). The Kier molecular flexibility index (Phi) is 7.39. The molecule has 1 atom stereocenters. The number of carbonyl (C=O) groups excluding carboxylic acids is 3. The molecule has 0 radical (unpaired) electrons. The lowest BCUT2D eigenvalue weighted by Crippen LogP contribution is -2.57. The summed E-state index contributed by atoms with van der Waals surface area (Å²) < 4.78 is 37.0. The van der Waals surface area contributed by atoms with Crippen molar-refractivity contribution in [1.29, 1.82) is 0 Å². The molecule has 0 bridgehead atoms. The summed E-state index contributed by atoms with van der Waals surface area (Å²) >= 11 is 0. The smallest absolute Gasteiger partial charge is 0.288 e. The summed E-state index contributed by atoms with van der Waals surface area (Å²) in [6.07, 6.45) is 1.27. The van der Waals surface area contributed by atoms with Crippen LogP contribution in [0.3, 0.4) is 0 Å². The van der Waals surface area contributed by atoms with E-state index < -0.39 is 27.0 Å². The Balaban J connectivity index is 1.51. The van der Waals surface area contributed by atoms with Crippen LogP contribution in [-0.2, 0) is 14.6 Å². The van der Waals surface area contributed by atoms with Crippen LogP contribution in [0.25, 0.3) is 0 Å². The molecule has 0 saturated carbocycles. The fourth-order valence-electron chi connectivity index (χ4n) is 3.85. The standard InChI is InChI=1S/C25H25N3O7S/c1-34-19-8-5-7-18(17-19)24(30)27-12-14-28(15-13-27)25(31)23(26-22(29)21-11-6-16-35-21)36(32,33)20-9-3-2-4-10-20/h2-11,16-17,23H,12-15H2,1H3,(H,26,29)/t23-/m0/s1. The second kappa shape index (κ2) is 10.6. The molecule has 0 unspecified atom stereocenters. The molecule has 1 N–H and O–H groups in total. The fraction of sp³-hybridized carbons (Fsp3) is 0.240. The normalized spacial score (nSPS) is 14.7. The highest BCUT2D eigenvalue weighted by molar-refractivity contribution is 7.92. The van der Waals surface area contributed by atoms with Gasteiger partial charge in [0.05, 0.1) is 18.3 Å². The number of methoxy groups -OCH3 is 1. The number of furan rings is 1. The molecule has 0 aliphatic carbocycles. The first kappa shape index (κ1) is 25.0. The quantitative estimate of drug-likeness (QED) is 0.513. The number of nitrogens with zero attached hydrogens (tertiary/aromatic N) is 2. The van der Waals surface area contributed by atoms with E-state index in [0.29, 0.717) is 11.3 Å². The summed E-state index contributed by atoms with van der Waals surface area (Å²) in [5, 5.41) is 0.459. The molecule has 1 aromatic heterocycles. The largest absolute Gasteiger partial charge is 0.497 e. The first-order valence-electron chi connectivity index (χ1n) is 11.2. The second-order valence-corrected chi connectivity index (χ2v) is 10.1. The van der Waals surface area contributed by atoms with Crippen molar-refractivity contribution >= 4 is 27.6 Å². The van der Waals surface area contributed by atoms with Gasteiger partial charge in [-0.3, -0.25) is 14.4 Å². The number of amides is 3. The summed E-state index contributed by atoms with van der Waals surface area (Å²) in [6, 6.07) is 17.0. The van der Waals surface area contributed by atoms with E-state index in [0.717, 1.165) is 0 Å². The lowest BCUT2D eigenvalue weighted by molar-refractivity contribution is -0.132. The summed E-state index contributed by atoms with van der Waals surface area (Å²) in [6.45, 7) is 0.607. The van der Waals surface area contributed by atoms with Crippen molar-refractivity contribution < 1.29 is 32.0 Å². The van der Waals surface area contributed by atoms with E-state index in [2.05, 4.69) is 5.32 Å². The second-order valence-electron chi connectivity index (χ2n) is 8.04. The van der Waals surface area contributed by atoms with Gasteiger partial charge in [0.1, 0.15) is 5.75 Å². The van der Waals surface area contributed by atoms with Crippen LogP contribution in [0.2, 0.25) is 0 Å². The predicted octanol–water partition coefficient (Wildman–Crippen LogP) is 1.80. The van der Waals surface area contributed by atoms with Crippen LogP contribution in [-0.4, -0.2) is 74.6 Å². The van der Waals surface area contributed by atoms with Crippen LogP contribution >= 0.6 is 0 Å². The highest BCUT2D eigenvalue weighted by Crippen LogP contribution is 2.19. The van der Waals surface area contributed by atoms with E-state index in [-0.39, 0.29) is 42.7 Å². The van der Waals surface area contributed by atoms with Gasteiger partial charge in [-0.2, -0.15) is 0 Å². The topological polar surface area (TPSA) is 126 Å². The van der Waals surface area contributed by atoms with Crippen LogP contribution in [0, 0.1) is 0 Å². The number of ether oxygens (including phenoxy) is 1. The van der Waals surface area contributed by atoms with E-state index in [4.69, 9.17) is 9.15 Å². The number of hydrogen-bond donors (Lipinski definition) is 1. The maximum Gasteiger partial charge on any atom is 0.288 e. The minimum Gasteiger partial charge on any atom is -0.497 e. The molecule has 10 nitrogen and oxygen atoms in total. The van der Waals surface area contributed by atoms with E-state index in [9.17, 15) is 22.8 Å². The van der Waals surface area contributed by atoms with Gasteiger partial charge in [-0.05, 0) is 42.5 Å². The van der Waals surface area contributed by atoms with Crippen LogP contribution < -0.4 is 10.1 Å². The molecule has 188 valence electrons. The van der Waals surface area contributed by atoms with E-state index in [1.165, 1.54) is 54.7 Å². The van der Waals surface area contributed by atoms with Gasteiger partial charge in [0, 0.05) is 31.7 Å². The van der Waals surface area contributed by atoms with Gasteiger partial charge in [-0.1, -0.05) is 24.3 Å². The Morgan fingerprint density at radius 3 is 2.25 bits per heavy atom. The Morgan fingerprint density at radius 1 is 0.917 bits per heavy atom. The summed E-state index contributed by atoms with van der Waals surface area (Å²) in [5.74, 6) is -1.40. The Morgan fingerprint density at radius 2 is 1.61 bits per heavy atom. The van der Waals surface area contributed by atoms with Crippen molar-refractivity contribution in [1.82, 2.24) is 15.1 Å². The lowest BCUT2D eigenvalue weighted by Gasteiger charge is -2.36. The minimum absolute atomic E-state index is 0.102. The van der Waals surface area contributed by atoms with Crippen LogP contribution in [0.1, 0.15) is 20.9 Å². The molecule has 3 aromatic rings. The maximum absolute atomic E-state index is 13.4. The molecule has 3 amide bonds. The SMILES string of the molecule is COc1cccc(C(=O)N2CCN(C(=O)[C@@H](NC(=O)c3ccco3)S(=O)(=O)c3ccccc3)CC2)c1. The first-order chi connectivity index (χ1) is 17.3. The van der Waals surface area contributed by atoms with Gasteiger partial charge >= 0.3 is 0 Å². The lowest BCUT2D eigenvalue weighted by atomic mass is 10.1. The number of hydrogen-bond acceptors (Lipinski definition) is 7. The molecular formula is C25H25N3O7S. The molecule has 2 aromatic carbocycles. The molecule has 2 heterocycles. The summed E-state index contributed by atoms with van der Waals surface area (Å²) in [4.78, 5) is 41.8. The predicted molar refractivity (Wildman–Crippen MR) is 129 cm³/mol. The van der Waals surface area contributed by atoms with Gasteiger partial charge in [0.15, 0.2) is 5.76 Å². The average Bonchev–Trinajstić information content (AvgIpc) is 3.47. The van der Waals surface area contributed by atoms with Crippen LogP contribution in [0.15, 0.2) is 82.3 Å². The zero-order chi connectivity index (χ0) is 25.7. The average molecular weight is 512 g/mol. The van der Waals surface area contributed by atoms with Crippen molar-refractivity contribution in [2.75, 3.05) is 33.3 Å². The number of carbonyl (C=O) groups is 3. The molecule has 1 aliphatic rings. The van der Waals surface area contributed by atoms with Crippen LogP contribution in [0.4, 0.5) is 0 Å². The molecule has 11 heteroatoms. The third-order valence-electron chi connectivity index (χ3n) is 5.81. The molecular weight excluding hydrogens is 486 g/mol. The van der Waals surface area contributed by atoms with Crippen molar-refractivity contribution in [3.8, 4) is 5.75 Å². The fourth-order valence-corrected chi connectivity index (χ4v) is 5.34. The number of sulfone groups is 1. The Labute approximate surface area is 208 Å². The highest BCUT2D eigenvalue weighted by Gasteiger charge is 2.40. The third kappa shape index (κ3) is 5.25. The minimum atomic E-state index is -4.28. The number of nitrogens with one attached hydrogen (secondary N) is 1.